The van der Waals surface area contributed by atoms with Crippen molar-refractivity contribution < 1.29 is 9.53 Å². The van der Waals surface area contributed by atoms with Gasteiger partial charge in [-0.3, -0.25) is 9.69 Å². The molecule has 1 amide bonds. The quantitative estimate of drug-likeness (QED) is 0.655. The number of amides is 1. The van der Waals surface area contributed by atoms with E-state index in [1.807, 2.05) is 0 Å². The fourth-order valence-electron chi connectivity index (χ4n) is 2.74. The Bertz CT molecular complexity index is 261. The summed E-state index contributed by atoms with van der Waals surface area (Å²) in [6.07, 6.45) is 5.22. The molecule has 110 valence electrons. The van der Waals surface area contributed by atoms with Gasteiger partial charge in [0.25, 0.3) is 0 Å². The highest BCUT2D eigenvalue weighted by Gasteiger charge is 2.17. The second-order valence-corrected chi connectivity index (χ2v) is 5.51. The van der Waals surface area contributed by atoms with E-state index < -0.39 is 0 Å². The minimum atomic E-state index is 0.200. The first-order valence-corrected chi connectivity index (χ1v) is 7.65. The summed E-state index contributed by atoms with van der Waals surface area (Å²) < 4.78 is 5.32. The fourth-order valence-corrected chi connectivity index (χ4v) is 2.74. The van der Waals surface area contributed by atoms with Crippen LogP contribution in [0.15, 0.2) is 0 Å². The van der Waals surface area contributed by atoms with Crippen LogP contribution >= 0.6 is 0 Å². The predicted octanol–water partition coefficient (Wildman–Crippen LogP) is 0.357. The number of nitrogens with zero attached hydrogens (tertiary/aromatic N) is 1. The number of morpholine rings is 1. The summed E-state index contributed by atoms with van der Waals surface area (Å²) in [6, 6.07) is 0.411. The van der Waals surface area contributed by atoms with Crippen LogP contribution in [0.2, 0.25) is 0 Å². The van der Waals surface area contributed by atoms with Gasteiger partial charge in [0, 0.05) is 32.1 Å². The molecule has 1 atom stereocenters. The van der Waals surface area contributed by atoms with Crippen LogP contribution in [-0.4, -0.2) is 62.8 Å². The molecule has 5 heteroatoms. The normalized spacial score (nSPS) is 24.5. The maximum Gasteiger partial charge on any atom is 0.221 e. The molecule has 0 spiro atoms. The van der Waals surface area contributed by atoms with Crippen LogP contribution in [0.4, 0.5) is 0 Å². The van der Waals surface area contributed by atoms with Crippen molar-refractivity contribution >= 4 is 5.91 Å². The zero-order valence-corrected chi connectivity index (χ0v) is 11.8. The van der Waals surface area contributed by atoms with Crippen molar-refractivity contribution in [1.29, 1.82) is 0 Å². The molecular weight excluding hydrogens is 242 g/mol. The van der Waals surface area contributed by atoms with E-state index in [-0.39, 0.29) is 5.91 Å². The number of nitrogens with one attached hydrogen (secondary N) is 2. The van der Waals surface area contributed by atoms with Gasteiger partial charge in [0.1, 0.15) is 0 Å². The molecule has 1 unspecified atom stereocenters. The van der Waals surface area contributed by atoms with Crippen LogP contribution < -0.4 is 10.6 Å². The third-order valence-corrected chi connectivity index (χ3v) is 3.92. The summed E-state index contributed by atoms with van der Waals surface area (Å²) in [6.45, 7) is 6.85. The molecule has 0 bridgehead atoms. The van der Waals surface area contributed by atoms with Crippen molar-refractivity contribution in [3.05, 3.63) is 0 Å². The molecule has 0 aromatic carbocycles. The summed E-state index contributed by atoms with van der Waals surface area (Å²) in [4.78, 5) is 14.1. The summed E-state index contributed by atoms with van der Waals surface area (Å²) in [5, 5.41) is 6.38. The molecule has 0 aliphatic carbocycles. The van der Waals surface area contributed by atoms with Gasteiger partial charge in [-0.2, -0.15) is 0 Å². The third kappa shape index (κ3) is 5.89. The summed E-state index contributed by atoms with van der Waals surface area (Å²) in [5.74, 6) is 0.200. The smallest absolute Gasteiger partial charge is 0.221 e. The minimum absolute atomic E-state index is 0.200. The maximum absolute atomic E-state index is 11.7. The number of carbonyl (C=O) groups is 1. The van der Waals surface area contributed by atoms with Crippen LogP contribution in [0.1, 0.15) is 32.1 Å². The highest BCUT2D eigenvalue weighted by atomic mass is 16.5. The molecule has 19 heavy (non-hydrogen) atoms. The first-order valence-electron chi connectivity index (χ1n) is 7.65. The van der Waals surface area contributed by atoms with E-state index in [4.69, 9.17) is 4.74 Å². The molecule has 5 nitrogen and oxygen atoms in total. The predicted molar refractivity (Wildman–Crippen MR) is 75.1 cm³/mol. The molecule has 2 saturated heterocycles. The Morgan fingerprint density at radius 2 is 2.16 bits per heavy atom. The van der Waals surface area contributed by atoms with Gasteiger partial charge in [0.05, 0.1) is 13.2 Å². The fraction of sp³-hybridized carbons (Fsp3) is 0.929. The number of unbranched alkanes of at least 4 members (excludes halogenated alkanes) is 1. The zero-order valence-electron chi connectivity index (χ0n) is 11.8. The second kappa shape index (κ2) is 8.51. The van der Waals surface area contributed by atoms with Crippen molar-refractivity contribution in [2.24, 2.45) is 0 Å². The van der Waals surface area contributed by atoms with Crippen LogP contribution in [0.5, 0.6) is 0 Å². The van der Waals surface area contributed by atoms with E-state index in [1.165, 1.54) is 6.42 Å². The van der Waals surface area contributed by atoms with Crippen molar-refractivity contribution in [3.63, 3.8) is 0 Å². The Morgan fingerprint density at radius 3 is 2.89 bits per heavy atom. The molecular formula is C14H27N3O2. The molecule has 2 aliphatic heterocycles. The average molecular weight is 269 g/mol. The first kappa shape index (κ1) is 14.8. The molecule has 2 heterocycles. The largest absolute Gasteiger partial charge is 0.379 e. The van der Waals surface area contributed by atoms with Gasteiger partial charge >= 0.3 is 0 Å². The molecule has 0 aromatic heterocycles. The van der Waals surface area contributed by atoms with Gasteiger partial charge in [0.2, 0.25) is 5.91 Å². The molecule has 0 saturated carbocycles. The van der Waals surface area contributed by atoms with Gasteiger partial charge in [-0.1, -0.05) is 0 Å². The molecule has 0 aromatic rings. The van der Waals surface area contributed by atoms with Gasteiger partial charge in [-0.15, -0.1) is 0 Å². The van der Waals surface area contributed by atoms with E-state index in [1.54, 1.807) is 0 Å². The lowest BCUT2D eigenvalue weighted by molar-refractivity contribution is -0.121. The zero-order chi connectivity index (χ0) is 13.3. The van der Waals surface area contributed by atoms with Crippen LogP contribution in [0.3, 0.4) is 0 Å². The monoisotopic (exact) mass is 269 g/mol. The first-order chi connectivity index (χ1) is 9.34. The van der Waals surface area contributed by atoms with Crippen molar-refractivity contribution in [2.75, 3.05) is 45.9 Å². The van der Waals surface area contributed by atoms with Crippen molar-refractivity contribution in [1.82, 2.24) is 15.5 Å². The minimum Gasteiger partial charge on any atom is -0.379 e. The summed E-state index contributed by atoms with van der Waals surface area (Å²) in [7, 11) is 0. The number of hydrogen-bond acceptors (Lipinski definition) is 4. The average Bonchev–Trinajstić information content (AvgIpc) is 2.92. The molecule has 2 fully saturated rings. The SMILES string of the molecule is O=C(CC1CCCN1)NCCCCN1CCOCC1. The van der Waals surface area contributed by atoms with Gasteiger partial charge in [-0.05, 0) is 38.8 Å². The Morgan fingerprint density at radius 1 is 1.32 bits per heavy atom. The maximum atomic E-state index is 11.7. The third-order valence-electron chi connectivity index (χ3n) is 3.92. The standard InChI is InChI=1S/C14H27N3O2/c18-14(12-13-4-3-6-15-13)16-5-1-2-7-17-8-10-19-11-9-17/h13,15H,1-12H2,(H,16,18). The van der Waals surface area contributed by atoms with Gasteiger partial charge in [0.15, 0.2) is 0 Å². The van der Waals surface area contributed by atoms with E-state index >= 15 is 0 Å². The lowest BCUT2D eigenvalue weighted by Crippen LogP contribution is -2.37. The van der Waals surface area contributed by atoms with Gasteiger partial charge in [-0.25, -0.2) is 0 Å². The Hall–Kier alpha value is -0.650. The van der Waals surface area contributed by atoms with Crippen LogP contribution in [0.25, 0.3) is 0 Å². The highest BCUT2D eigenvalue weighted by Crippen LogP contribution is 2.08. The highest BCUT2D eigenvalue weighted by molar-refractivity contribution is 5.76. The number of ether oxygens (including phenoxy) is 1. The Labute approximate surface area is 116 Å². The van der Waals surface area contributed by atoms with E-state index in [0.29, 0.717) is 12.5 Å². The van der Waals surface area contributed by atoms with Crippen molar-refractivity contribution in [2.45, 2.75) is 38.1 Å². The Balaban J connectivity index is 1.43. The number of carbonyl (C=O) groups excluding carboxylic acids is 1. The summed E-state index contributed by atoms with van der Waals surface area (Å²) >= 11 is 0. The summed E-state index contributed by atoms with van der Waals surface area (Å²) in [5.41, 5.74) is 0. The lowest BCUT2D eigenvalue weighted by Gasteiger charge is -2.26. The van der Waals surface area contributed by atoms with Crippen LogP contribution in [-0.2, 0) is 9.53 Å². The van der Waals surface area contributed by atoms with Crippen molar-refractivity contribution in [3.8, 4) is 0 Å². The molecule has 2 N–H and O–H groups in total. The number of hydrogen-bond donors (Lipinski definition) is 2. The molecule has 2 aliphatic rings. The Kier molecular flexibility index (Phi) is 6.61. The molecule has 2 rings (SSSR count). The molecule has 0 radical (unpaired) electrons. The number of rotatable bonds is 7. The second-order valence-electron chi connectivity index (χ2n) is 5.51. The topological polar surface area (TPSA) is 53.6 Å². The lowest BCUT2D eigenvalue weighted by atomic mass is 10.1. The van der Waals surface area contributed by atoms with Crippen LogP contribution in [0, 0.1) is 0 Å². The van der Waals surface area contributed by atoms with E-state index in [9.17, 15) is 4.79 Å². The van der Waals surface area contributed by atoms with E-state index in [2.05, 4.69) is 15.5 Å². The van der Waals surface area contributed by atoms with E-state index in [0.717, 1.165) is 65.2 Å². The van der Waals surface area contributed by atoms with Gasteiger partial charge < -0.3 is 15.4 Å².